The second-order valence-corrected chi connectivity index (χ2v) is 3.86. The molecule has 1 heterocycles. The fourth-order valence-corrected chi connectivity index (χ4v) is 1.59. The van der Waals surface area contributed by atoms with Crippen molar-refractivity contribution in [1.29, 1.82) is 0 Å². The molecule has 0 aromatic carbocycles. The molecule has 1 saturated heterocycles. The second-order valence-electron chi connectivity index (χ2n) is 3.86. The first-order chi connectivity index (χ1) is 8.53. The highest BCUT2D eigenvalue weighted by atomic mass is 16.7. The first kappa shape index (κ1) is 14.9. The molecule has 7 nitrogen and oxygen atoms in total. The number of hydrogen-bond acceptors (Lipinski definition) is 7. The molecular formula is C11H18O7. The molecular weight excluding hydrogens is 244 g/mol. The number of hydrogen-bond donors (Lipinski definition) is 2. The van der Waals surface area contributed by atoms with Crippen molar-refractivity contribution < 1.29 is 34.0 Å². The number of aliphatic hydroxyl groups is 2. The summed E-state index contributed by atoms with van der Waals surface area (Å²) in [4.78, 5) is 22.5. The van der Waals surface area contributed by atoms with Crippen LogP contribution in [0.3, 0.4) is 0 Å². The molecule has 1 fully saturated rings. The number of esters is 2. The molecule has 0 bridgehead atoms. The van der Waals surface area contributed by atoms with E-state index in [-0.39, 0.29) is 12.8 Å². The van der Waals surface area contributed by atoms with Crippen molar-refractivity contribution in [1.82, 2.24) is 0 Å². The van der Waals surface area contributed by atoms with Gasteiger partial charge in [0.25, 0.3) is 0 Å². The Morgan fingerprint density at radius 3 is 2.06 bits per heavy atom. The van der Waals surface area contributed by atoms with Gasteiger partial charge in [-0.25, -0.2) is 0 Å². The van der Waals surface area contributed by atoms with Crippen LogP contribution >= 0.6 is 0 Å². The maximum atomic E-state index is 11.3. The van der Waals surface area contributed by atoms with Gasteiger partial charge in [0.05, 0.1) is 6.61 Å². The quantitative estimate of drug-likeness (QED) is 0.634. The molecule has 7 heteroatoms. The molecule has 104 valence electrons. The van der Waals surface area contributed by atoms with Crippen LogP contribution in [0.2, 0.25) is 0 Å². The van der Waals surface area contributed by atoms with Gasteiger partial charge in [0.2, 0.25) is 0 Å². The van der Waals surface area contributed by atoms with E-state index in [2.05, 4.69) is 0 Å². The zero-order valence-electron chi connectivity index (χ0n) is 10.4. The third-order valence-corrected chi connectivity index (χ3v) is 2.58. The fraction of sp³-hybridized carbons (Fsp3) is 0.818. The van der Waals surface area contributed by atoms with Crippen molar-refractivity contribution >= 4 is 11.9 Å². The Hall–Kier alpha value is -1.18. The summed E-state index contributed by atoms with van der Waals surface area (Å²) in [7, 11) is 0. The molecule has 2 N–H and O–H groups in total. The Kier molecular flexibility index (Phi) is 5.52. The van der Waals surface area contributed by atoms with Gasteiger partial charge in [-0.05, 0) is 0 Å². The van der Waals surface area contributed by atoms with Gasteiger partial charge in [-0.2, -0.15) is 0 Å². The predicted molar refractivity (Wildman–Crippen MR) is 58.3 cm³/mol. The summed E-state index contributed by atoms with van der Waals surface area (Å²) in [6.45, 7) is 2.76. The van der Waals surface area contributed by atoms with E-state index in [0.717, 1.165) is 0 Å². The van der Waals surface area contributed by atoms with Crippen molar-refractivity contribution in [3.8, 4) is 0 Å². The molecule has 0 saturated carbocycles. The normalized spacial score (nSPS) is 31.1. The standard InChI is InChI=1S/C11H18O7/c1-3-7(13)17-9-6(5-12)16-11(15)10(9)18-8(14)4-2/h6,9-12,15H,3-5H2,1-2H3/t6-,9?,10+,11-/m1/s1. The summed E-state index contributed by atoms with van der Waals surface area (Å²) in [6.07, 6.45) is -4.14. The largest absolute Gasteiger partial charge is 0.455 e. The van der Waals surface area contributed by atoms with Crippen molar-refractivity contribution in [3.05, 3.63) is 0 Å². The van der Waals surface area contributed by atoms with Gasteiger partial charge in [-0.15, -0.1) is 0 Å². The lowest BCUT2D eigenvalue weighted by Crippen LogP contribution is -2.41. The monoisotopic (exact) mass is 262 g/mol. The van der Waals surface area contributed by atoms with Gasteiger partial charge in [-0.1, -0.05) is 13.8 Å². The average molecular weight is 262 g/mol. The van der Waals surface area contributed by atoms with E-state index < -0.39 is 43.1 Å². The summed E-state index contributed by atoms with van der Waals surface area (Å²) >= 11 is 0. The highest BCUT2D eigenvalue weighted by molar-refractivity contribution is 5.70. The molecule has 1 rings (SSSR count). The van der Waals surface area contributed by atoms with E-state index in [9.17, 15) is 14.7 Å². The first-order valence-corrected chi connectivity index (χ1v) is 5.86. The highest BCUT2D eigenvalue weighted by Gasteiger charge is 2.48. The number of carbonyl (C=O) groups is 2. The lowest BCUT2D eigenvalue weighted by molar-refractivity contribution is -0.176. The lowest BCUT2D eigenvalue weighted by atomic mass is 10.1. The minimum Gasteiger partial charge on any atom is -0.455 e. The highest BCUT2D eigenvalue weighted by Crippen LogP contribution is 2.26. The van der Waals surface area contributed by atoms with Crippen LogP contribution in [-0.4, -0.2) is 53.4 Å². The van der Waals surface area contributed by atoms with Gasteiger partial charge < -0.3 is 24.4 Å². The van der Waals surface area contributed by atoms with Crippen LogP contribution < -0.4 is 0 Å². The van der Waals surface area contributed by atoms with Gasteiger partial charge in [0.15, 0.2) is 18.5 Å². The minimum atomic E-state index is -1.41. The Labute approximate surface area is 105 Å². The van der Waals surface area contributed by atoms with Crippen LogP contribution in [0.25, 0.3) is 0 Å². The van der Waals surface area contributed by atoms with Gasteiger partial charge in [0.1, 0.15) is 6.10 Å². The zero-order chi connectivity index (χ0) is 13.7. The summed E-state index contributed by atoms with van der Waals surface area (Å²) in [5, 5.41) is 18.7. The fourth-order valence-electron chi connectivity index (χ4n) is 1.59. The number of carbonyl (C=O) groups excluding carboxylic acids is 2. The minimum absolute atomic E-state index is 0.126. The third kappa shape index (κ3) is 3.41. The van der Waals surface area contributed by atoms with Crippen LogP contribution in [0.4, 0.5) is 0 Å². The first-order valence-electron chi connectivity index (χ1n) is 5.86. The van der Waals surface area contributed by atoms with Crippen LogP contribution in [0.5, 0.6) is 0 Å². The summed E-state index contributed by atoms with van der Waals surface area (Å²) in [5.74, 6) is -1.06. The smallest absolute Gasteiger partial charge is 0.306 e. The van der Waals surface area contributed by atoms with Crippen LogP contribution in [0.15, 0.2) is 0 Å². The molecule has 4 atom stereocenters. The molecule has 0 spiro atoms. The molecule has 0 aliphatic carbocycles. The van der Waals surface area contributed by atoms with Crippen molar-refractivity contribution in [2.45, 2.75) is 51.3 Å². The maximum absolute atomic E-state index is 11.3. The number of aliphatic hydroxyl groups excluding tert-OH is 2. The van der Waals surface area contributed by atoms with Gasteiger partial charge in [-0.3, -0.25) is 9.59 Å². The molecule has 0 aromatic heterocycles. The van der Waals surface area contributed by atoms with Crippen molar-refractivity contribution in [2.24, 2.45) is 0 Å². The van der Waals surface area contributed by atoms with Crippen LogP contribution in [0.1, 0.15) is 26.7 Å². The Balaban J connectivity index is 2.75. The molecule has 1 aliphatic heterocycles. The summed E-state index contributed by atoms with van der Waals surface area (Å²) < 4.78 is 15.0. The van der Waals surface area contributed by atoms with E-state index in [0.29, 0.717) is 0 Å². The van der Waals surface area contributed by atoms with Crippen molar-refractivity contribution in [3.63, 3.8) is 0 Å². The second kappa shape index (κ2) is 6.67. The third-order valence-electron chi connectivity index (χ3n) is 2.58. The SMILES string of the molecule is CCC(=O)OC1[C@@H](CO)O[C@@H](O)[C@H]1OC(=O)CC. The van der Waals surface area contributed by atoms with Gasteiger partial charge in [0, 0.05) is 12.8 Å². The molecule has 1 aliphatic rings. The van der Waals surface area contributed by atoms with Crippen LogP contribution in [-0.2, 0) is 23.8 Å². The Morgan fingerprint density at radius 1 is 1.11 bits per heavy atom. The summed E-state index contributed by atoms with van der Waals surface area (Å²) in [6, 6.07) is 0. The van der Waals surface area contributed by atoms with E-state index in [1.165, 1.54) is 0 Å². The molecule has 1 unspecified atom stereocenters. The Morgan fingerprint density at radius 2 is 1.61 bits per heavy atom. The van der Waals surface area contributed by atoms with Crippen LogP contribution in [0, 0.1) is 0 Å². The summed E-state index contributed by atoms with van der Waals surface area (Å²) in [5.41, 5.74) is 0. The molecule has 0 amide bonds. The van der Waals surface area contributed by atoms with E-state index >= 15 is 0 Å². The topological polar surface area (TPSA) is 102 Å². The lowest BCUT2D eigenvalue weighted by Gasteiger charge is -2.22. The molecule has 18 heavy (non-hydrogen) atoms. The average Bonchev–Trinajstić information content (AvgIpc) is 2.66. The molecule has 0 aromatic rings. The van der Waals surface area contributed by atoms with E-state index in [4.69, 9.17) is 19.3 Å². The Bertz CT molecular complexity index is 304. The number of rotatable bonds is 5. The maximum Gasteiger partial charge on any atom is 0.306 e. The van der Waals surface area contributed by atoms with E-state index in [1.54, 1.807) is 13.8 Å². The molecule has 0 radical (unpaired) electrons. The zero-order valence-corrected chi connectivity index (χ0v) is 10.4. The van der Waals surface area contributed by atoms with E-state index in [1.807, 2.05) is 0 Å². The van der Waals surface area contributed by atoms with Crippen molar-refractivity contribution in [2.75, 3.05) is 6.61 Å². The predicted octanol–water partition coefficient (Wildman–Crippen LogP) is -0.661. The van der Waals surface area contributed by atoms with Gasteiger partial charge >= 0.3 is 11.9 Å². The number of ether oxygens (including phenoxy) is 3.